The first kappa shape index (κ1) is 21.9. The number of fused-ring (bicyclic) bond motifs is 1. The first-order valence-corrected chi connectivity index (χ1v) is 10.3. The number of aromatic hydroxyl groups is 1. The van der Waals surface area contributed by atoms with E-state index in [0.717, 1.165) is 5.56 Å². The van der Waals surface area contributed by atoms with Crippen LogP contribution in [0.2, 0.25) is 0 Å². The van der Waals surface area contributed by atoms with Gasteiger partial charge in [0.15, 0.2) is 11.5 Å². The molecule has 0 bridgehead atoms. The number of anilines is 1. The molecule has 0 radical (unpaired) electrons. The zero-order chi connectivity index (χ0) is 23.4. The third kappa shape index (κ3) is 4.95. The van der Waals surface area contributed by atoms with Gasteiger partial charge in [-0.15, -0.1) is 0 Å². The topological polar surface area (TPSA) is 114 Å². The molecule has 1 unspecified atom stereocenters. The maximum absolute atomic E-state index is 12.6. The highest BCUT2D eigenvalue weighted by Crippen LogP contribution is 2.29. The molecule has 4 rings (SSSR count). The molecule has 1 aromatic heterocycles. The van der Waals surface area contributed by atoms with E-state index in [1.807, 2.05) is 34.9 Å². The number of amides is 1. The summed E-state index contributed by atoms with van der Waals surface area (Å²) < 4.78 is 6.91. The molecule has 8 heteroatoms. The molecule has 4 aromatic rings. The van der Waals surface area contributed by atoms with E-state index in [-0.39, 0.29) is 24.5 Å². The second kappa shape index (κ2) is 9.44. The molecule has 0 aliphatic heterocycles. The van der Waals surface area contributed by atoms with E-state index >= 15 is 0 Å². The number of methoxy groups -OCH3 is 1. The molecule has 8 nitrogen and oxygen atoms in total. The second-order valence-corrected chi connectivity index (χ2v) is 7.61. The van der Waals surface area contributed by atoms with Crippen molar-refractivity contribution in [2.24, 2.45) is 0 Å². The number of benzene rings is 3. The molecule has 1 atom stereocenters. The zero-order valence-corrected chi connectivity index (χ0v) is 17.9. The quantitative estimate of drug-likeness (QED) is 0.378. The van der Waals surface area contributed by atoms with Gasteiger partial charge in [0.05, 0.1) is 43.4 Å². The van der Waals surface area contributed by atoms with E-state index < -0.39 is 12.0 Å². The number of nitrogens with one attached hydrogen (secondary N) is 1. The number of carbonyl (C=O) groups excluding carboxylic acids is 1. The summed E-state index contributed by atoms with van der Waals surface area (Å²) in [6, 6.07) is 19.0. The van der Waals surface area contributed by atoms with Crippen LogP contribution >= 0.6 is 0 Å². The van der Waals surface area contributed by atoms with Gasteiger partial charge in [0.2, 0.25) is 5.91 Å². The number of aliphatic carboxylic acids is 1. The number of carboxylic acids is 1. The molecule has 0 aliphatic carbocycles. The van der Waals surface area contributed by atoms with Crippen LogP contribution < -0.4 is 10.1 Å². The first-order chi connectivity index (χ1) is 15.9. The summed E-state index contributed by atoms with van der Waals surface area (Å²) in [5.41, 5.74) is 3.53. The zero-order valence-electron chi connectivity index (χ0n) is 17.9. The summed E-state index contributed by atoms with van der Waals surface area (Å²) in [5.74, 6) is -0.844. The van der Waals surface area contributed by atoms with Crippen LogP contribution in [0.4, 0.5) is 5.69 Å². The lowest BCUT2D eigenvalue weighted by molar-refractivity contribution is -0.137. The molecule has 0 spiro atoms. The van der Waals surface area contributed by atoms with Crippen molar-refractivity contribution in [2.45, 2.75) is 18.9 Å². The molecule has 168 valence electrons. The Hall–Kier alpha value is -4.33. The maximum atomic E-state index is 12.6. The molecule has 3 N–H and O–H groups in total. The first-order valence-electron chi connectivity index (χ1n) is 10.3. The number of imidazole rings is 1. The third-order valence-electron chi connectivity index (χ3n) is 5.36. The Kier molecular flexibility index (Phi) is 6.26. The van der Waals surface area contributed by atoms with Crippen molar-refractivity contribution in [1.29, 1.82) is 0 Å². The molecule has 1 amide bonds. The Morgan fingerprint density at radius 3 is 2.61 bits per heavy atom. The van der Waals surface area contributed by atoms with Gasteiger partial charge in [-0.3, -0.25) is 9.59 Å². The molecule has 1 heterocycles. The monoisotopic (exact) mass is 445 g/mol. The van der Waals surface area contributed by atoms with Crippen LogP contribution in [0.5, 0.6) is 11.5 Å². The highest BCUT2D eigenvalue weighted by atomic mass is 16.5. The Morgan fingerprint density at radius 1 is 1.09 bits per heavy atom. The van der Waals surface area contributed by atoms with Crippen LogP contribution in [0, 0.1) is 0 Å². The Morgan fingerprint density at radius 2 is 1.88 bits per heavy atom. The van der Waals surface area contributed by atoms with Crippen molar-refractivity contribution >= 4 is 28.6 Å². The van der Waals surface area contributed by atoms with Gasteiger partial charge < -0.3 is 24.8 Å². The normalized spacial score (nSPS) is 11.8. The van der Waals surface area contributed by atoms with Crippen molar-refractivity contribution in [3.63, 3.8) is 0 Å². The van der Waals surface area contributed by atoms with Gasteiger partial charge in [-0.25, -0.2) is 4.98 Å². The highest BCUT2D eigenvalue weighted by Gasteiger charge is 2.20. The lowest BCUT2D eigenvalue weighted by Crippen LogP contribution is -2.15. The second-order valence-electron chi connectivity index (χ2n) is 7.61. The Bertz CT molecular complexity index is 1300. The van der Waals surface area contributed by atoms with E-state index in [4.69, 9.17) is 4.74 Å². The van der Waals surface area contributed by atoms with Crippen LogP contribution in [-0.2, 0) is 16.0 Å². The smallest absolute Gasteiger partial charge is 0.305 e. The third-order valence-corrected chi connectivity index (χ3v) is 5.36. The van der Waals surface area contributed by atoms with E-state index in [1.165, 1.54) is 13.2 Å². The number of aromatic nitrogens is 2. The minimum atomic E-state index is -0.917. The lowest BCUT2D eigenvalue weighted by Gasteiger charge is -2.18. The van der Waals surface area contributed by atoms with Crippen molar-refractivity contribution < 1.29 is 24.5 Å². The molecule has 0 aliphatic rings. The number of rotatable bonds is 8. The molecule has 3 aromatic carbocycles. The summed E-state index contributed by atoms with van der Waals surface area (Å²) in [6.07, 6.45) is 1.62. The van der Waals surface area contributed by atoms with Gasteiger partial charge in [0.1, 0.15) is 0 Å². The summed E-state index contributed by atoms with van der Waals surface area (Å²) in [4.78, 5) is 28.6. The Labute approximate surface area is 190 Å². The van der Waals surface area contributed by atoms with Gasteiger partial charge in [0.25, 0.3) is 0 Å². The number of phenolic OH excluding ortho intramolecular Hbond substituents is 1. The Balaban J connectivity index is 1.59. The van der Waals surface area contributed by atoms with Gasteiger partial charge >= 0.3 is 5.97 Å². The fourth-order valence-electron chi connectivity index (χ4n) is 3.79. The number of hydrogen-bond acceptors (Lipinski definition) is 5. The molecular formula is C25H23N3O5. The summed E-state index contributed by atoms with van der Waals surface area (Å²) in [7, 11) is 1.45. The van der Waals surface area contributed by atoms with E-state index in [9.17, 15) is 19.8 Å². The van der Waals surface area contributed by atoms with Crippen molar-refractivity contribution in [3.05, 3.63) is 84.2 Å². The number of ether oxygens (including phenoxy) is 1. The maximum Gasteiger partial charge on any atom is 0.305 e. The number of carbonyl (C=O) groups is 2. The van der Waals surface area contributed by atoms with Crippen molar-refractivity contribution in [3.8, 4) is 11.5 Å². The number of carboxylic acid groups (broad SMARTS) is 1. The van der Waals surface area contributed by atoms with Gasteiger partial charge in [-0.05, 0) is 41.5 Å². The van der Waals surface area contributed by atoms with Gasteiger partial charge in [0, 0.05) is 5.69 Å². The van der Waals surface area contributed by atoms with Crippen molar-refractivity contribution in [2.75, 3.05) is 12.4 Å². The predicted octanol–water partition coefficient (Wildman–Crippen LogP) is 4.00. The SMILES string of the molecule is COc1cc(CC(=O)Nc2ccc3ncn(C(CC(=O)O)c4ccccc4)c3c2)ccc1O. The van der Waals surface area contributed by atoms with Gasteiger partial charge in [-0.1, -0.05) is 36.4 Å². The summed E-state index contributed by atoms with van der Waals surface area (Å²) in [5, 5.41) is 22.1. The number of hydrogen-bond donors (Lipinski definition) is 3. The molecule has 0 fully saturated rings. The fourth-order valence-corrected chi connectivity index (χ4v) is 3.79. The average Bonchev–Trinajstić information content (AvgIpc) is 3.22. The number of phenols is 1. The lowest BCUT2D eigenvalue weighted by atomic mass is 10.0. The van der Waals surface area contributed by atoms with Crippen molar-refractivity contribution in [1.82, 2.24) is 9.55 Å². The largest absolute Gasteiger partial charge is 0.504 e. The van der Waals surface area contributed by atoms with E-state index in [1.54, 1.807) is 36.7 Å². The standard InChI is InChI=1S/C25H23N3O5/c1-33-23-11-16(7-10-22(23)29)12-24(30)27-18-8-9-19-21(13-18)28(15-26-19)20(14-25(31)32)17-5-3-2-4-6-17/h2-11,13,15,20,29H,12,14H2,1H3,(H,27,30)(H,31,32). The van der Waals surface area contributed by atoms with Gasteiger partial charge in [-0.2, -0.15) is 0 Å². The van der Waals surface area contributed by atoms with Crippen LogP contribution in [0.1, 0.15) is 23.6 Å². The molecule has 0 saturated heterocycles. The number of nitrogens with zero attached hydrogens (tertiary/aromatic N) is 2. The molecule has 0 saturated carbocycles. The van der Waals surface area contributed by atoms with Crippen LogP contribution in [0.25, 0.3) is 11.0 Å². The summed E-state index contributed by atoms with van der Waals surface area (Å²) in [6.45, 7) is 0. The van der Waals surface area contributed by atoms with Crippen LogP contribution in [0.3, 0.4) is 0 Å². The minimum Gasteiger partial charge on any atom is -0.504 e. The fraction of sp³-hybridized carbons (Fsp3) is 0.160. The predicted molar refractivity (Wildman–Crippen MR) is 124 cm³/mol. The molecular weight excluding hydrogens is 422 g/mol. The highest BCUT2D eigenvalue weighted by molar-refractivity contribution is 5.94. The van der Waals surface area contributed by atoms with E-state index in [0.29, 0.717) is 28.0 Å². The van der Waals surface area contributed by atoms with Crippen LogP contribution in [-0.4, -0.2) is 38.8 Å². The molecule has 33 heavy (non-hydrogen) atoms. The minimum absolute atomic E-state index is 0.00898. The van der Waals surface area contributed by atoms with Crippen LogP contribution in [0.15, 0.2) is 73.1 Å². The summed E-state index contributed by atoms with van der Waals surface area (Å²) >= 11 is 0. The van der Waals surface area contributed by atoms with E-state index in [2.05, 4.69) is 10.3 Å². The average molecular weight is 445 g/mol.